The number of para-hydroxylation sites is 1. The Balaban J connectivity index is 1.55. The number of amides is 1. The number of hydrogen-bond donors (Lipinski definition) is 3. The van der Waals surface area contributed by atoms with Crippen LogP contribution in [0.25, 0.3) is 11.3 Å². The standard InChI is InChI=1S/C24H25ClN4O5/c1-31-23-16(25)3-2-4-18(23)29-22-20-17(6-8-27-24(20)30)28-21(22)15-5-7-26-11-19(15)34-13-14-12-32-9-10-33-14/h2-5,7,11,14,28-29H,6,8-10,12-13H2,1H3,(H,27,30). The normalized spacial score (nSPS) is 17.6. The molecule has 0 radical (unpaired) electrons. The first-order chi connectivity index (χ1) is 16.7. The molecule has 2 aliphatic heterocycles. The highest BCUT2D eigenvalue weighted by Crippen LogP contribution is 2.42. The summed E-state index contributed by atoms with van der Waals surface area (Å²) < 4.78 is 22.8. The van der Waals surface area contributed by atoms with Crippen molar-refractivity contribution in [2.45, 2.75) is 12.5 Å². The van der Waals surface area contributed by atoms with E-state index in [-0.39, 0.29) is 12.0 Å². The fourth-order valence-electron chi connectivity index (χ4n) is 4.17. The summed E-state index contributed by atoms with van der Waals surface area (Å²) in [7, 11) is 1.55. The second-order valence-electron chi connectivity index (χ2n) is 7.93. The molecule has 0 bridgehead atoms. The number of fused-ring (bicyclic) bond motifs is 1. The maximum atomic E-state index is 12.9. The van der Waals surface area contributed by atoms with Gasteiger partial charge in [0.1, 0.15) is 18.5 Å². The van der Waals surface area contributed by atoms with Crippen LogP contribution < -0.4 is 20.1 Å². The molecule has 3 N–H and O–H groups in total. The number of halogens is 1. The van der Waals surface area contributed by atoms with Crippen LogP contribution in [0.1, 0.15) is 16.1 Å². The Hall–Kier alpha value is -3.27. The lowest BCUT2D eigenvalue weighted by atomic mass is 10.0. The molecule has 0 saturated carbocycles. The number of hydrogen-bond acceptors (Lipinski definition) is 7. The number of rotatable bonds is 7. The monoisotopic (exact) mass is 484 g/mol. The molecule has 2 aromatic heterocycles. The summed E-state index contributed by atoms with van der Waals surface area (Å²) in [5.41, 5.74) is 4.12. The Bertz CT molecular complexity index is 1190. The SMILES string of the molecule is COc1c(Cl)cccc1Nc1c(-c2ccncc2OCC2COCCO2)[nH]c2c1C(=O)NCC2. The number of aromatic amines is 1. The van der Waals surface area contributed by atoms with Crippen molar-refractivity contribution in [3.8, 4) is 22.8 Å². The average Bonchev–Trinajstić information content (AvgIpc) is 3.23. The first-order valence-electron chi connectivity index (χ1n) is 11.0. The number of nitrogens with zero attached hydrogens (tertiary/aromatic N) is 1. The number of carbonyl (C=O) groups excluding carboxylic acids is 1. The molecule has 1 unspecified atom stereocenters. The van der Waals surface area contributed by atoms with Crippen LogP contribution in [0.5, 0.6) is 11.5 Å². The maximum Gasteiger partial charge on any atom is 0.255 e. The maximum absolute atomic E-state index is 12.9. The quantitative estimate of drug-likeness (QED) is 0.470. The van der Waals surface area contributed by atoms with E-state index in [4.69, 9.17) is 30.5 Å². The zero-order valence-electron chi connectivity index (χ0n) is 18.7. The predicted molar refractivity (Wildman–Crippen MR) is 127 cm³/mol. The molecule has 1 amide bonds. The van der Waals surface area contributed by atoms with Crippen molar-refractivity contribution in [3.05, 3.63) is 52.9 Å². The van der Waals surface area contributed by atoms with Crippen molar-refractivity contribution in [1.29, 1.82) is 0 Å². The number of nitrogens with one attached hydrogen (secondary N) is 3. The number of aromatic nitrogens is 2. The number of benzene rings is 1. The van der Waals surface area contributed by atoms with E-state index in [1.165, 1.54) is 0 Å². The fraction of sp³-hybridized carbons (Fsp3) is 0.333. The van der Waals surface area contributed by atoms with Gasteiger partial charge in [0.25, 0.3) is 5.91 Å². The van der Waals surface area contributed by atoms with Crippen molar-refractivity contribution < 1.29 is 23.7 Å². The topological polar surface area (TPSA) is 107 Å². The molecule has 2 aliphatic rings. The number of methoxy groups -OCH3 is 1. The van der Waals surface area contributed by atoms with Gasteiger partial charge in [-0.25, -0.2) is 0 Å². The molecule has 4 heterocycles. The molecule has 0 aliphatic carbocycles. The Labute approximate surface area is 201 Å². The van der Waals surface area contributed by atoms with Gasteiger partial charge in [0.05, 0.1) is 60.8 Å². The van der Waals surface area contributed by atoms with E-state index >= 15 is 0 Å². The van der Waals surface area contributed by atoms with Gasteiger partial charge in [-0.2, -0.15) is 0 Å². The molecule has 0 spiro atoms. The molecule has 1 saturated heterocycles. The van der Waals surface area contributed by atoms with Crippen molar-refractivity contribution in [3.63, 3.8) is 0 Å². The lowest BCUT2D eigenvalue weighted by Crippen LogP contribution is -2.33. The van der Waals surface area contributed by atoms with Gasteiger partial charge in [-0.1, -0.05) is 17.7 Å². The first kappa shape index (κ1) is 22.5. The van der Waals surface area contributed by atoms with Gasteiger partial charge < -0.3 is 34.6 Å². The molecule has 1 atom stereocenters. The van der Waals surface area contributed by atoms with Gasteiger partial charge in [0.15, 0.2) is 5.75 Å². The van der Waals surface area contributed by atoms with Crippen LogP contribution in [0.15, 0.2) is 36.7 Å². The molecular weight excluding hydrogens is 460 g/mol. The highest BCUT2D eigenvalue weighted by molar-refractivity contribution is 6.32. The minimum absolute atomic E-state index is 0.155. The summed E-state index contributed by atoms with van der Waals surface area (Å²) in [6.07, 6.45) is 3.86. The number of carbonyl (C=O) groups is 1. The summed E-state index contributed by atoms with van der Waals surface area (Å²) >= 11 is 6.34. The third-order valence-electron chi connectivity index (χ3n) is 5.76. The van der Waals surface area contributed by atoms with Gasteiger partial charge in [-0.3, -0.25) is 9.78 Å². The van der Waals surface area contributed by atoms with Gasteiger partial charge in [-0.15, -0.1) is 0 Å². The third kappa shape index (κ3) is 4.42. The van der Waals surface area contributed by atoms with Crippen LogP contribution in [0.2, 0.25) is 5.02 Å². The largest absolute Gasteiger partial charge is 0.493 e. The van der Waals surface area contributed by atoms with E-state index in [1.807, 2.05) is 18.2 Å². The van der Waals surface area contributed by atoms with E-state index in [0.29, 0.717) is 78.5 Å². The fourth-order valence-corrected chi connectivity index (χ4v) is 4.42. The second kappa shape index (κ2) is 9.92. The summed E-state index contributed by atoms with van der Waals surface area (Å²) in [5, 5.41) is 6.77. The molecule has 1 aromatic carbocycles. The van der Waals surface area contributed by atoms with Gasteiger partial charge in [0, 0.05) is 30.4 Å². The zero-order valence-corrected chi connectivity index (χ0v) is 19.4. The van der Waals surface area contributed by atoms with Crippen LogP contribution in [0.3, 0.4) is 0 Å². The predicted octanol–water partition coefficient (Wildman–Crippen LogP) is 3.56. The summed E-state index contributed by atoms with van der Waals surface area (Å²) in [5.74, 6) is 0.898. The molecule has 178 valence electrons. The number of H-pyrrole nitrogens is 1. The van der Waals surface area contributed by atoms with Crippen molar-refractivity contribution in [1.82, 2.24) is 15.3 Å². The molecule has 10 heteroatoms. The molecule has 1 fully saturated rings. The van der Waals surface area contributed by atoms with Crippen LogP contribution in [0.4, 0.5) is 11.4 Å². The molecule has 9 nitrogen and oxygen atoms in total. The summed E-state index contributed by atoms with van der Waals surface area (Å²) in [6, 6.07) is 7.26. The molecule has 3 aromatic rings. The van der Waals surface area contributed by atoms with Gasteiger partial charge >= 0.3 is 0 Å². The highest BCUT2D eigenvalue weighted by Gasteiger charge is 2.29. The lowest BCUT2D eigenvalue weighted by molar-refractivity contribution is -0.101. The number of anilines is 2. The Kier molecular flexibility index (Phi) is 6.57. The number of pyridine rings is 1. The van der Waals surface area contributed by atoms with Crippen molar-refractivity contribution in [2.75, 3.05) is 45.4 Å². The van der Waals surface area contributed by atoms with Crippen LogP contribution in [-0.4, -0.2) is 62.1 Å². The first-order valence-corrected chi connectivity index (χ1v) is 11.4. The van der Waals surface area contributed by atoms with Crippen LogP contribution in [-0.2, 0) is 15.9 Å². The van der Waals surface area contributed by atoms with E-state index in [2.05, 4.69) is 20.6 Å². The number of ether oxygens (including phenoxy) is 4. The third-order valence-corrected chi connectivity index (χ3v) is 6.06. The van der Waals surface area contributed by atoms with E-state index in [9.17, 15) is 4.79 Å². The Morgan fingerprint density at radius 1 is 1.29 bits per heavy atom. The second-order valence-corrected chi connectivity index (χ2v) is 8.34. The van der Waals surface area contributed by atoms with Crippen LogP contribution >= 0.6 is 11.6 Å². The minimum Gasteiger partial charge on any atom is -0.493 e. The lowest BCUT2D eigenvalue weighted by Gasteiger charge is -2.23. The summed E-state index contributed by atoms with van der Waals surface area (Å²) in [6.45, 7) is 2.50. The van der Waals surface area contributed by atoms with E-state index in [1.54, 1.807) is 25.6 Å². The zero-order chi connectivity index (χ0) is 23.5. The molecular formula is C24H25ClN4O5. The summed E-state index contributed by atoms with van der Waals surface area (Å²) in [4.78, 5) is 20.6. The average molecular weight is 485 g/mol. The van der Waals surface area contributed by atoms with Gasteiger partial charge in [0.2, 0.25) is 0 Å². The van der Waals surface area contributed by atoms with Gasteiger partial charge in [-0.05, 0) is 18.2 Å². The molecule has 34 heavy (non-hydrogen) atoms. The van der Waals surface area contributed by atoms with Crippen LogP contribution in [0, 0.1) is 0 Å². The Morgan fingerprint density at radius 3 is 3.03 bits per heavy atom. The Morgan fingerprint density at radius 2 is 2.21 bits per heavy atom. The highest BCUT2D eigenvalue weighted by atomic mass is 35.5. The smallest absolute Gasteiger partial charge is 0.255 e. The van der Waals surface area contributed by atoms with E-state index in [0.717, 1.165) is 11.3 Å². The minimum atomic E-state index is -0.156. The molecule has 5 rings (SSSR count). The van der Waals surface area contributed by atoms with Crippen molar-refractivity contribution in [2.24, 2.45) is 0 Å². The van der Waals surface area contributed by atoms with E-state index < -0.39 is 0 Å². The van der Waals surface area contributed by atoms with Crippen molar-refractivity contribution >= 4 is 28.9 Å².